The lowest BCUT2D eigenvalue weighted by Gasteiger charge is -2.15. The molecule has 0 spiro atoms. The third-order valence-corrected chi connectivity index (χ3v) is 7.57. The van der Waals surface area contributed by atoms with Crippen LogP contribution in [0.1, 0.15) is 19.4 Å². The lowest BCUT2D eigenvalue weighted by molar-refractivity contribution is -0.137. The quantitative estimate of drug-likeness (QED) is 0.311. The summed E-state index contributed by atoms with van der Waals surface area (Å²) in [6.07, 6.45) is -2.77. The number of alkyl halides is 3. The van der Waals surface area contributed by atoms with Crippen molar-refractivity contribution in [2.24, 2.45) is 0 Å². The molecule has 2 aromatic heterocycles. The van der Waals surface area contributed by atoms with E-state index in [1.165, 1.54) is 37.3 Å². The van der Waals surface area contributed by atoms with Crippen LogP contribution in [0.15, 0.2) is 67.0 Å². The average molecular weight is 521 g/mol. The van der Waals surface area contributed by atoms with Crippen LogP contribution in [0.3, 0.4) is 0 Å². The first-order valence-corrected chi connectivity index (χ1v) is 12.6. The number of nitrogens with zero attached hydrogens (tertiary/aromatic N) is 3. The Morgan fingerprint density at radius 3 is 2.37 bits per heavy atom. The molecule has 7 nitrogen and oxygen atoms in total. The summed E-state index contributed by atoms with van der Waals surface area (Å²) in [5.41, 5.74) is 0.484. The van der Waals surface area contributed by atoms with Crippen LogP contribution in [0.2, 0.25) is 0 Å². The van der Waals surface area contributed by atoms with Gasteiger partial charge in [-0.2, -0.15) is 13.2 Å². The molecule has 0 unspecified atom stereocenters. The number of sulfonamides is 1. The highest BCUT2D eigenvalue weighted by atomic mass is 32.2. The minimum atomic E-state index is -4.60. The van der Waals surface area contributed by atoms with E-state index in [4.69, 9.17) is 4.74 Å². The van der Waals surface area contributed by atoms with Crippen LogP contribution < -0.4 is 9.46 Å². The van der Waals surface area contributed by atoms with Gasteiger partial charge in [-0.25, -0.2) is 8.42 Å². The van der Waals surface area contributed by atoms with Crippen LogP contribution in [0.25, 0.3) is 21.1 Å². The van der Waals surface area contributed by atoms with Gasteiger partial charge in [0.25, 0.3) is 0 Å². The van der Waals surface area contributed by atoms with E-state index in [1.54, 1.807) is 6.07 Å². The van der Waals surface area contributed by atoms with Gasteiger partial charge in [-0.3, -0.25) is 9.71 Å². The van der Waals surface area contributed by atoms with E-state index in [2.05, 4.69) is 19.9 Å². The Morgan fingerprint density at radius 1 is 0.971 bits per heavy atom. The number of aromatic nitrogens is 3. The molecule has 182 valence electrons. The molecule has 4 aromatic rings. The number of anilines is 1. The van der Waals surface area contributed by atoms with Crippen molar-refractivity contribution < 1.29 is 26.3 Å². The molecule has 0 amide bonds. The lowest BCUT2D eigenvalue weighted by Crippen LogP contribution is -2.22. The molecular weight excluding hydrogens is 501 g/mol. The number of hydrogen-bond acceptors (Lipinski definition) is 7. The van der Waals surface area contributed by atoms with Gasteiger partial charge in [0.05, 0.1) is 28.3 Å². The summed E-state index contributed by atoms with van der Waals surface area (Å²) < 4.78 is 72.3. The van der Waals surface area contributed by atoms with Gasteiger partial charge >= 0.3 is 6.18 Å². The molecule has 0 atom stereocenters. The summed E-state index contributed by atoms with van der Waals surface area (Å²) in [5, 5.41) is 8.79. The molecular formula is C23H19F3N4O3S2. The van der Waals surface area contributed by atoms with E-state index in [0.29, 0.717) is 21.8 Å². The molecule has 4 rings (SSSR count). The van der Waals surface area contributed by atoms with Crippen LogP contribution >= 0.6 is 11.3 Å². The van der Waals surface area contributed by atoms with Gasteiger partial charge in [0.2, 0.25) is 10.0 Å². The molecule has 0 aliphatic heterocycles. The zero-order valence-corrected chi connectivity index (χ0v) is 20.1. The minimum absolute atomic E-state index is 0.0887. The average Bonchev–Trinajstić information content (AvgIpc) is 3.29. The molecule has 1 N–H and O–H groups in total. The number of ether oxygens (including phenoxy) is 1. The van der Waals surface area contributed by atoms with Crippen LogP contribution in [0, 0.1) is 0 Å². The third kappa shape index (κ3) is 5.77. The molecule has 0 bridgehead atoms. The molecule has 0 fully saturated rings. The summed E-state index contributed by atoms with van der Waals surface area (Å²) in [6, 6.07) is 14.6. The van der Waals surface area contributed by atoms with Crippen molar-refractivity contribution in [1.82, 2.24) is 15.2 Å². The zero-order valence-electron chi connectivity index (χ0n) is 18.4. The van der Waals surface area contributed by atoms with E-state index < -0.39 is 27.0 Å². The standard InChI is InChI=1S/C23H19F3N4O3S2/c1-14(2)35(31,32)30-17-8-9-19(22-29-28-21(34-22)15-6-4-3-5-7-15)20(11-17)33-18-10-16(12-27-13-18)23(24,25)26/h3-14,30H,1-2H3. The van der Waals surface area contributed by atoms with E-state index in [9.17, 15) is 21.6 Å². The Labute approximate surface area is 203 Å². The largest absolute Gasteiger partial charge is 0.455 e. The molecule has 0 saturated carbocycles. The molecule has 2 heterocycles. The maximum Gasteiger partial charge on any atom is 0.418 e. The topological polar surface area (TPSA) is 94.1 Å². The van der Waals surface area contributed by atoms with E-state index in [0.717, 1.165) is 17.8 Å². The monoisotopic (exact) mass is 520 g/mol. The van der Waals surface area contributed by atoms with Crippen molar-refractivity contribution in [2.75, 3.05) is 4.72 Å². The Bertz CT molecular complexity index is 1440. The maximum absolute atomic E-state index is 13.2. The van der Waals surface area contributed by atoms with E-state index in [1.807, 2.05) is 30.3 Å². The van der Waals surface area contributed by atoms with Gasteiger partial charge < -0.3 is 4.74 Å². The highest BCUT2D eigenvalue weighted by molar-refractivity contribution is 7.93. The normalized spacial score (nSPS) is 12.1. The molecule has 0 aliphatic carbocycles. The smallest absolute Gasteiger partial charge is 0.418 e. The molecule has 0 saturated heterocycles. The van der Waals surface area contributed by atoms with Crippen LogP contribution in [-0.2, 0) is 16.2 Å². The van der Waals surface area contributed by atoms with Crippen molar-refractivity contribution in [1.29, 1.82) is 0 Å². The van der Waals surface area contributed by atoms with Crippen molar-refractivity contribution in [3.63, 3.8) is 0 Å². The van der Waals surface area contributed by atoms with Crippen molar-refractivity contribution >= 4 is 27.0 Å². The summed E-state index contributed by atoms with van der Waals surface area (Å²) in [4.78, 5) is 3.62. The van der Waals surface area contributed by atoms with Crippen LogP contribution in [0.5, 0.6) is 11.5 Å². The highest BCUT2D eigenvalue weighted by Gasteiger charge is 2.31. The van der Waals surface area contributed by atoms with Gasteiger partial charge in [-0.05, 0) is 32.0 Å². The molecule has 35 heavy (non-hydrogen) atoms. The Morgan fingerprint density at radius 2 is 1.69 bits per heavy atom. The highest BCUT2D eigenvalue weighted by Crippen LogP contribution is 2.40. The summed E-state index contributed by atoms with van der Waals surface area (Å²) in [5.74, 6) is -0.0800. The first-order chi connectivity index (χ1) is 16.5. The van der Waals surface area contributed by atoms with Gasteiger partial charge in [-0.1, -0.05) is 41.7 Å². The molecule has 0 radical (unpaired) electrons. The molecule has 0 aliphatic rings. The van der Waals surface area contributed by atoms with Gasteiger partial charge in [-0.15, -0.1) is 10.2 Å². The minimum Gasteiger partial charge on any atom is -0.455 e. The first kappa shape index (κ1) is 24.6. The second kappa shape index (κ2) is 9.62. The zero-order chi connectivity index (χ0) is 25.2. The fraction of sp³-hybridized carbons (Fsp3) is 0.174. The fourth-order valence-electron chi connectivity index (χ4n) is 2.92. The SMILES string of the molecule is CC(C)S(=O)(=O)Nc1ccc(-c2nnc(-c3ccccc3)s2)c(Oc2cncc(C(F)(F)F)c2)c1. The van der Waals surface area contributed by atoms with Gasteiger partial charge in [0.1, 0.15) is 16.5 Å². The molecule has 2 aromatic carbocycles. The van der Waals surface area contributed by atoms with E-state index >= 15 is 0 Å². The van der Waals surface area contributed by atoms with Crippen molar-refractivity contribution in [3.05, 3.63) is 72.6 Å². The fourth-order valence-corrected chi connectivity index (χ4v) is 4.49. The number of halogens is 3. The molecule has 12 heteroatoms. The third-order valence-electron chi connectivity index (χ3n) is 4.81. The lowest BCUT2D eigenvalue weighted by atomic mass is 10.2. The number of hydrogen-bond donors (Lipinski definition) is 1. The van der Waals surface area contributed by atoms with Gasteiger partial charge in [0, 0.05) is 17.8 Å². The summed E-state index contributed by atoms with van der Waals surface area (Å²) in [6.45, 7) is 3.05. The van der Waals surface area contributed by atoms with E-state index in [-0.39, 0.29) is 17.2 Å². The summed E-state index contributed by atoms with van der Waals surface area (Å²) >= 11 is 1.26. The van der Waals surface area contributed by atoms with Crippen molar-refractivity contribution in [2.45, 2.75) is 25.3 Å². The predicted octanol–water partition coefficient (Wildman–Crippen LogP) is 6.23. The summed E-state index contributed by atoms with van der Waals surface area (Å²) in [7, 11) is -3.67. The Kier molecular flexibility index (Phi) is 6.77. The van der Waals surface area contributed by atoms with Crippen LogP contribution in [0.4, 0.5) is 18.9 Å². The number of rotatable bonds is 7. The predicted molar refractivity (Wildman–Crippen MR) is 128 cm³/mol. The first-order valence-electron chi connectivity index (χ1n) is 10.3. The number of nitrogens with one attached hydrogen (secondary N) is 1. The second-order valence-electron chi connectivity index (χ2n) is 7.69. The van der Waals surface area contributed by atoms with Crippen molar-refractivity contribution in [3.8, 4) is 32.6 Å². The van der Waals surface area contributed by atoms with Gasteiger partial charge in [0.15, 0.2) is 5.01 Å². The maximum atomic E-state index is 13.2. The number of pyridine rings is 1. The number of benzene rings is 2. The Hall–Kier alpha value is -3.51. The van der Waals surface area contributed by atoms with Crippen LogP contribution in [-0.4, -0.2) is 28.8 Å². The second-order valence-corrected chi connectivity index (χ2v) is 10.9. The Balaban J connectivity index is 1.76.